The van der Waals surface area contributed by atoms with Crippen LogP contribution in [0.5, 0.6) is 11.5 Å². The second kappa shape index (κ2) is 9.31. The topological polar surface area (TPSA) is 50.8 Å². The molecule has 0 bridgehead atoms. The molecular weight excluding hydrogens is 340 g/mol. The number of methoxy groups -OCH3 is 1. The first-order chi connectivity index (χ1) is 13.2. The Kier molecular flexibility index (Phi) is 6.58. The van der Waals surface area contributed by atoms with E-state index in [0.717, 1.165) is 24.4 Å². The van der Waals surface area contributed by atoms with Crippen LogP contribution >= 0.6 is 0 Å². The molecule has 1 fully saturated rings. The van der Waals surface area contributed by atoms with E-state index >= 15 is 0 Å². The molecule has 3 rings (SSSR count). The van der Waals surface area contributed by atoms with Gasteiger partial charge >= 0.3 is 0 Å². The van der Waals surface area contributed by atoms with Crippen molar-refractivity contribution in [2.45, 2.75) is 38.8 Å². The number of ether oxygens (including phenoxy) is 2. The van der Waals surface area contributed by atoms with Crippen LogP contribution in [-0.4, -0.2) is 32.2 Å². The van der Waals surface area contributed by atoms with Gasteiger partial charge in [0.1, 0.15) is 11.5 Å². The molecule has 1 N–H and O–H groups in total. The van der Waals surface area contributed by atoms with Crippen molar-refractivity contribution in [3.8, 4) is 11.5 Å². The smallest absolute Gasteiger partial charge is 0.261 e. The van der Waals surface area contributed by atoms with E-state index in [1.165, 1.54) is 24.9 Å². The van der Waals surface area contributed by atoms with Gasteiger partial charge in [0.2, 0.25) is 0 Å². The van der Waals surface area contributed by atoms with Gasteiger partial charge in [0, 0.05) is 25.3 Å². The Morgan fingerprint density at radius 2 is 1.63 bits per heavy atom. The van der Waals surface area contributed by atoms with Crippen molar-refractivity contribution in [3.05, 3.63) is 54.1 Å². The monoisotopic (exact) mass is 368 g/mol. The van der Waals surface area contributed by atoms with Gasteiger partial charge in [-0.15, -0.1) is 0 Å². The third-order valence-corrected chi connectivity index (χ3v) is 4.87. The molecule has 0 aromatic heterocycles. The summed E-state index contributed by atoms with van der Waals surface area (Å²) < 4.78 is 10.8. The first-order valence-corrected chi connectivity index (χ1v) is 9.58. The van der Waals surface area contributed by atoms with Crippen LogP contribution in [0, 0.1) is 0 Å². The molecule has 2 aromatic rings. The zero-order valence-electron chi connectivity index (χ0n) is 16.1. The highest BCUT2D eigenvalue weighted by atomic mass is 16.5. The fraction of sp³-hybridized carbons (Fsp3) is 0.409. The highest BCUT2D eigenvalue weighted by Crippen LogP contribution is 2.20. The average molecular weight is 368 g/mol. The minimum atomic E-state index is -0.564. The van der Waals surface area contributed by atoms with Crippen LogP contribution in [0.4, 0.5) is 5.69 Å². The molecule has 5 nitrogen and oxygen atoms in total. The van der Waals surface area contributed by atoms with Gasteiger partial charge in [0.15, 0.2) is 6.10 Å². The third-order valence-electron chi connectivity index (χ3n) is 4.87. The summed E-state index contributed by atoms with van der Waals surface area (Å²) in [4.78, 5) is 14.7. The SMILES string of the molecule is COc1ccc(O[C@H](C)C(=O)NCc2ccc(N3CCCCC3)cc2)cc1. The highest BCUT2D eigenvalue weighted by Gasteiger charge is 2.15. The highest BCUT2D eigenvalue weighted by molar-refractivity contribution is 5.80. The van der Waals surface area contributed by atoms with E-state index in [2.05, 4.69) is 34.5 Å². The maximum absolute atomic E-state index is 12.3. The van der Waals surface area contributed by atoms with Crippen LogP contribution in [0.2, 0.25) is 0 Å². The zero-order valence-corrected chi connectivity index (χ0v) is 16.1. The second-order valence-electron chi connectivity index (χ2n) is 6.87. The Hall–Kier alpha value is -2.69. The molecule has 0 spiro atoms. The predicted octanol–water partition coefficient (Wildman–Crippen LogP) is 3.77. The summed E-state index contributed by atoms with van der Waals surface area (Å²) in [5.41, 5.74) is 2.35. The summed E-state index contributed by atoms with van der Waals surface area (Å²) in [5.74, 6) is 1.27. The third kappa shape index (κ3) is 5.39. The number of carbonyl (C=O) groups excluding carboxylic acids is 1. The first kappa shape index (κ1) is 19.1. The molecule has 5 heteroatoms. The maximum Gasteiger partial charge on any atom is 0.261 e. The molecule has 1 aliphatic heterocycles. The number of anilines is 1. The van der Waals surface area contributed by atoms with E-state index < -0.39 is 6.10 Å². The Balaban J connectivity index is 1.47. The van der Waals surface area contributed by atoms with Gasteiger partial charge < -0.3 is 19.7 Å². The minimum Gasteiger partial charge on any atom is -0.497 e. The number of amides is 1. The molecule has 2 aromatic carbocycles. The van der Waals surface area contributed by atoms with Gasteiger partial charge in [-0.25, -0.2) is 0 Å². The number of benzene rings is 2. The normalized spacial score (nSPS) is 15.1. The van der Waals surface area contributed by atoms with Crippen molar-refractivity contribution in [2.75, 3.05) is 25.1 Å². The Morgan fingerprint density at radius 1 is 1.00 bits per heavy atom. The Morgan fingerprint density at radius 3 is 2.26 bits per heavy atom. The van der Waals surface area contributed by atoms with Crippen molar-refractivity contribution in [3.63, 3.8) is 0 Å². The van der Waals surface area contributed by atoms with Crippen LogP contribution in [-0.2, 0) is 11.3 Å². The van der Waals surface area contributed by atoms with Crippen LogP contribution < -0.4 is 19.7 Å². The minimum absolute atomic E-state index is 0.133. The van der Waals surface area contributed by atoms with Gasteiger partial charge in [-0.1, -0.05) is 12.1 Å². The number of nitrogens with one attached hydrogen (secondary N) is 1. The van der Waals surface area contributed by atoms with Crippen molar-refractivity contribution in [2.24, 2.45) is 0 Å². The molecule has 0 aliphatic carbocycles. The lowest BCUT2D eigenvalue weighted by Crippen LogP contribution is -2.35. The van der Waals surface area contributed by atoms with Crippen molar-refractivity contribution >= 4 is 11.6 Å². The second-order valence-corrected chi connectivity index (χ2v) is 6.87. The van der Waals surface area contributed by atoms with E-state index in [9.17, 15) is 4.79 Å². The molecule has 1 heterocycles. The first-order valence-electron chi connectivity index (χ1n) is 9.58. The maximum atomic E-state index is 12.3. The van der Waals surface area contributed by atoms with E-state index in [1.54, 1.807) is 26.2 Å². The number of hydrogen-bond acceptors (Lipinski definition) is 4. The summed E-state index contributed by atoms with van der Waals surface area (Å²) >= 11 is 0. The number of hydrogen-bond donors (Lipinski definition) is 1. The van der Waals surface area contributed by atoms with Crippen LogP contribution in [0.1, 0.15) is 31.7 Å². The summed E-state index contributed by atoms with van der Waals surface area (Å²) in [6.07, 6.45) is 3.30. The zero-order chi connectivity index (χ0) is 19.1. The summed E-state index contributed by atoms with van der Waals surface area (Å²) in [6, 6.07) is 15.7. The number of nitrogens with zero attached hydrogens (tertiary/aromatic N) is 1. The molecule has 0 saturated carbocycles. The fourth-order valence-corrected chi connectivity index (χ4v) is 3.22. The lowest BCUT2D eigenvalue weighted by Gasteiger charge is -2.28. The molecule has 0 radical (unpaired) electrons. The van der Waals surface area contributed by atoms with Gasteiger partial charge in [-0.2, -0.15) is 0 Å². The molecule has 0 unspecified atom stereocenters. The van der Waals surface area contributed by atoms with Crippen LogP contribution in [0.25, 0.3) is 0 Å². The van der Waals surface area contributed by atoms with E-state index in [-0.39, 0.29) is 5.91 Å². The van der Waals surface area contributed by atoms with Crippen molar-refractivity contribution in [1.82, 2.24) is 5.32 Å². The van der Waals surface area contributed by atoms with Crippen LogP contribution in [0.3, 0.4) is 0 Å². The Bertz CT molecular complexity index is 722. The number of piperidine rings is 1. The molecule has 1 saturated heterocycles. The van der Waals surface area contributed by atoms with Crippen molar-refractivity contribution < 1.29 is 14.3 Å². The van der Waals surface area contributed by atoms with Gasteiger partial charge in [-0.05, 0) is 68.1 Å². The van der Waals surface area contributed by atoms with E-state index in [4.69, 9.17) is 9.47 Å². The van der Waals surface area contributed by atoms with Gasteiger partial charge in [-0.3, -0.25) is 4.79 Å². The molecule has 1 amide bonds. The summed E-state index contributed by atoms with van der Waals surface area (Å²) in [7, 11) is 1.62. The van der Waals surface area contributed by atoms with Gasteiger partial charge in [0.25, 0.3) is 5.91 Å². The standard InChI is InChI=1S/C22H28N2O3/c1-17(27-21-12-10-20(26-2)11-13-21)22(25)23-16-18-6-8-19(9-7-18)24-14-4-3-5-15-24/h6-13,17H,3-5,14-16H2,1-2H3,(H,23,25)/t17-/m1/s1. The van der Waals surface area contributed by atoms with Crippen molar-refractivity contribution in [1.29, 1.82) is 0 Å². The quantitative estimate of drug-likeness (QED) is 0.808. The molecule has 144 valence electrons. The average Bonchev–Trinajstić information content (AvgIpc) is 2.73. The summed E-state index contributed by atoms with van der Waals surface area (Å²) in [5, 5.41) is 2.94. The lowest BCUT2D eigenvalue weighted by molar-refractivity contribution is -0.127. The largest absolute Gasteiger partial charge is 0.497 e. The molecule has 27 heavy (non-hydrogen) atoms. The van der Waals surface area contributed by atoms with E-state index in [1.807, 2.05) is 12.1 Å². The number of carbonyl (C=O) groups is 1. The molecule has 1 aliphatic rings. The Labute approximate surface area is 161 Å². The molecule has 1 atom stereocenters. The summed E-state index contributed by atoms with van der Waals surface area (Å²) in [6.45, 7) is 4.51. The number of rotatable bonds is 7. The fourth-order valence-electron chi connectivity index (χ4n) is 3.22. The van der Waals surface area contributed by atoms with Gasteiger partial charge in [0.05, 0.1) is 7.11 Å². The molecular formula is C22H28N2O3. The van der Waals surface area contributed by atoms with E-state index in [0.29, 0.717) is 12.3 Å². The predicted molar refractivity (Wildman–Crippen MR) is 107 cm³/mol. The lowest BCUT2D eigenvalue weighted by atomic mass is 10.1. The van der Waals surface area contributed by atoms with Crippen LogP contribution in [0.15, 0.2) is 48.5 Å².